The molecule has 0 saturated heterocycles. The summed E-state index contributed by atoms with van der Waals surface area (Å²) >= 11 is 0. The minimum atomic E-state index is -0.553. The van der Waals surface area contributed by atoms with Crippen LogP contribution in [0.5, 0.6) is 0 Å². The molecule has 21 heavy (non-hydrogen) atoms. The molecular formula is C18H20N2O. The average Bonchev–Trinajstić information content (AvgIpc) is 2.86. The van der Waals surface area contributed by atoms with Gasteiger partial charge in [-0.15, -0.1) is 0 Å². The molecule has 3 nitrogen and oxygen atoms in total. The van der Waals surface area contributed by atoms with Crippen molar-refractivity contribution in [3.05, 3.63) is 41.1 Å². The second-order valence-electron chi connectivity index (χ2n) is 6.19. The largest absolute Gasteiger partial charge is 0.360 e. The number of aromatic nitrogens is 1. The molecule has 1 heterocycles. The van der Waals surface area contributed by atoms with Gasteiger partial charge in [-0.1, -0.05) is 45.9 Å². The Morgan fingerprint density at radius 3 is 2.67 bits per heavy atom. The molecule has 0 unspecified atom stereocenters. The number of H-pyrrole nitrogens is 1. The van der Waals surface area contributed by atoms with Crippen LogP contribution in [0.1, 0.15) is 38.8 Å². The molecule has 0 bridgehead atoms. The first kappa shape index (κ1) is 15.1. The van der Waals surface area contributed by atoms with Crippen LogP contribution in [0, 0.1) is 16.7 Å². The summed E-state index contributed by atoms with van der Waals surface area (Å²) in [5, 5.41) is 10.3. The monoisotopic (exact) mass is 280 g/mol. The zero-order valence-electron chi connectivity index (χ0n) is 12.9. The highest BCUT2D eigenvalue weighted by molar-refractivity contribution is 6.07. The van der Waals surface area contributed by atoms with E-state index in [2.05, 4.69) is 18.0 Å². The van der Waals surface area contributed by atoms with E-state index >= 15 is 0 Å². The molecule has 0 spiro atoms. The van der Waals surface area contributed by atoms with Gasteiger partial charge in [0.1, 0.15) is 6.07 Å². The number of ketones is 1. The molecule has 0 aliphatic rings. The first-order valence-corrected chi connectivity index (χ1v) is 7.14. The van der Waals surface area contributed by atoms with Gasteiger partial charge in [0, 0.05) is 28.1 Å². The molecule has 1 aromatic heterocycles. The van der Waals surface area contributed by atoms with E-state index < -0.39 is 5.41 Å². The first-order chi connectivity index (χ1) is 9.88. The smallest absolute Gasteiger partial charge is 0.178 e. The summed E-state index contributed by atoms with van der Waals surface area (Å²) < 4.78 is 0. The van der Waals surface area contributed by atoms with Gasteiger partial charge in [-0.25, -0.2) is 0 Å². The molecule has 0 saturated carbocycles. The van der Waals surface area contributed by atoms with Crippen molar-refractivity contribution in [3.8, 4) is 6.07 Å². The van der Waals surface area contributed by atoms with Gasteiger partial charge in [0.25, 0.3) is 0 Å². The molecule has 0 aliphatic heterocycles. The molecule has 1 aromatic carbocycles. The highest BCUT2D eigenvalue weighted by atomic mass is 16.1. The Balaban J connectivity index is 2.55. The normalized spacial score (nSPS) is 12.4. The number of Topliss-reactive ketones (excluding diaryl/α,β-unsaturated/α-hetero) is 1. The lowest BCUT2D eigenvalue weighted by atomic mass is 9.86. The van der Waals surface area contributed by atoms with E-state index in [1.807, 2.05) is 45.2 Å². The first-order valence-electron chi connectivity index (χ1n) is 7.14. The van der Waals surface area contributed by atoms with Crippen molar-refractivity contribution in [1.29, 1.82) is 5.26 Å². The Kier molecular flexibility index (Phi) is 3.99. The van der Waals surface area contributed by atoms with Crippen molar-refractivity contribution >= 4 is 22.8 Å². The number of rotatable bonds is 3. The Bertz CT molecular complexity index is 752. The predicted molar refractivity (Wildman–Crippen MR) is 85.7 cm³/mol. The van der Waals surface area contributed by atoms with Crippen molar-refractivity contribution in [2.45, 2.75) is 34.1 Å². The van der Waals surface area contributed by atoms with E-state index in [0.29, 0.717) is 0 Å². The molecule has 0 amide bonds. The number of para-hydroxylation sites is 1. The van der Waals surface area contributed by atoms with E-state index in [1.165, 1.54) is 5.56 Å². The fourth-order valence-corrected chi connectivity index (χ4v) is 2.36. The molecule has 0 fully saturated rings. The van der Waals surface area contributed by atoms with Crippen molar-refractivity contribution < 1.29 is 4.79 Å². The molecule has 0 atom stereocenters. The minimum absolute atomic E-state index is 0.133. The van der Waals surface area contributed by atoms with Crippen molar-refractivity contribution in [2.75, 3.05) is 0 Å². The Labute approximate surface area is 125 Å². The number of nitrogens with one attached hydrogen (secondary N) is 1. The second kappa shape index (κ2) is 5.57. The summed E-state index contributed by atoms with van der Waals surface area (Å²) in [6.07, 6.45) is 4.48. The number of hydrogen-bond acceptors (Lipinski definition) is 2. The lowest BCUT2D eigenvalue weighted by Gasteiger charge is -2.15. The SMILES string of the molecule is CCc1cccc2c(C=C(C#N)C(=O)C(C)(C)C)c[nH]c12. The van der Waals surface area contributed by atoms with Crippen LogP contribution in [0.3, 0.4) is 0 Å². The van der Waals surface area contributed by atoms with Crippen molar-refractivity contribution in [2.24, 2.45) is 5.41 Å². The third-order valence-corrected chi connectivity index (χ3v) is 3.56. The number of carbonyl (C=O) groups is 1. The third kappa shape index (κ3) is 2.90. The standard InChI is InChI=1S/C18H20N2O/c1-5-12-7-6-8-15-14(11-20-16(12)15)9-13(10-19)17(21)18(2,3)4/h6-9,11,20H,5H2,1-4H3. The van der Waals surface area contributed by atoms with Crippen LogP contribution in [0.2, 0.25) is 0 Å². The quantitative estimate of drug-likeness (QED) is 0.675. The van der Waals surface area contributed by atoms with Crippen LogP contribution in [0.15, 0.2) is 30.0 Å². The van der Waals surface area contributed by atoms with Crippen LogP contribution >= 0.6 is 0 Å². The number of aryl methyl sites for hydroxylation is 1. The Morgan fingerprint density at radius 1 is 1.38 bits per heavy atom. The van der Waals surface area contributed by atoms with Crippen LogP contribution in [-0.4, -0.2) is 10.8 Å². The average molecular weight is 280 g/mol. The zero-order valence-corrected chi connectivity index (χ0v) is 12.9. The molecule has 1 N–H and O–H groups in total. The van der Waals surface area contributed by atoms with Crippen molar-refractivity contribution in [1.82, 2.24) is 4.98 Å². The number of fused-ring (bicyclic) bond motifs is 1. The fraction of sp³-hybridized carbons (Fsp3) is 0.333. The van der Waals surface area contributed by atoms with Gasteiger partial charge in [0.15, 0.2) is 5.78 Å². The Morgan fingerprint density at radius 2 is 2.10 bits per heavy atom. The van der Waals surface area contributed by atoms with Gasteiger partial charge in [-0.3, -0.25) is 4.79 Å². The number of hydrogen-bond donors (Lipinski definition) is 1. The second-order valence-corrected chi connectivity index (χ2v) is 6.19. The summed E-state index contributed by atoms with van der Waals surface area (Å²) in [7, 11) is 0. The topological polar surface area (TPSA) is 56.6 Å². The Hall–Kier alpha value is -2.34. The number of aromatic amines is 1. The maximum Gasteiger partial charge on any atom is 0.178 e. The molecule has 2 rings (SSSR count). The lowest BCUT2D eigenvalue weighted by Crippen LogP contribution is -2.21. The predicted octanol–water partition coefficient (Wildman–Crippen LogP) is 4.25. The number of nitrogens with zero attached hydrogens (tertiary/aromatic N) is 1. The summed E-state index contributed by atoms with van der Waals surface area (Å²) in [5.41, 5.74) is 2.83. The van der Waals surface area contributed by atoms with Gasteiger partial charge in [-0.05, 0) is 18.1 Å². The lowest BCUT2D eigenvalue weighted by molar-refractivity contribution is -0.121. The third-order valence-electron chi connectivity index (χ3n) is 3.56. The number of nitriles is 1. The molecule has 0 radical (unpaired) electrons. The molecule has 3 heteroatoms. The summed E-state index contributed by atoms with van der Waals surface area (Å²) in [5.74, 6) is -0.133. The number of allylic oxidation sites excluding steroid dienone is 1. The van der Waals surface area contributed by atoms with Gasteiger partial charge >= 0.3 is 0 Å². The van der Waals surface area contributed by atoms with Crippen molar-refractivity contribution in [3.63, 3.8) is 0 Å². The summed E-state index contributed by atoms with van der Waals surface area (Å²) in [6, 6.07) is 8.13. The van der Waals surface area contributed by atoms with Crippen LogP contribution in [0.25, 0.3) is 17.0 Å². The van der Waals surface area contributed by atoms with E-state index in [9.17, 15) is 10.1 Å². The maximum atomic E-state index is 12.3. The minimum Gasteiger partial charge on any atom is -0.360 e. The molecule has 0 aliphatic carbocycles. The van der Waals surface area contributed by atoms with Gasteiger partial charge in [0.05, 0.1) is 5.57 Å². The van der Waals surface area contributed by atoms with Crippen LogP contribution < -0.4 is 0 Å². The fourth-order valence-electron chi connectivity index (χ4n) is 2.36. The van der Waals surface area contributed by atoms with Gasteiger partial charge in [0.2, 0.25) is 0 Å². The van der Waals surface area contributed by atoms with E-state index in [-0.39, 0.29) is 11.4 Å². The molecule has 108 valence electrons. The zero-order chi connectivity index (χ0) is 15.6. The van der Waals surface area contributed by atoms with E-state index in [0.717, 1.165) is 22.9 Å². The highest BCUT2D eigenvalue weighted by Gasteiger charge is 2.25. The molecule has 2 aromatic rings. The molecular weight excluding hydrogens is 260 g/mol. The number of carbonyl (C=O) groups excluding carboxylic acids is 1. The van der Waals surface area contributed by atoms with Gasteiger partial charge < -0.3 is 4.98 Å². The van der Waals surface area contributed by atoms with Crippen LogP contribution in [-0.2, 0) is 11.2 Å². The summed E-state index contributed by atoms with van der Waals surface area (Å²) in [6.45, 7) is 7.58. The van der Waals surface area contributed by atoms with Gasteiger partial charge in [-0.2, -0.15) is 5.26 Å². The van der Waals surface area contributed by atoms with E-state index in [1.54, 1.807) is 6.08 Å². The van der Waals surface area contributed by atoms with E-state index in [4.69, 9.17) is 0 Å². The maximum absolute atomic E-state index is 12.3. The highest BCUT2D eigenvalue weighted by Crippen LogP contribution is 2.26. The van der Waals surface area contributed by atoms with Crippen LogP contribution in [0.4, 0.5) is 0 Å². The number of benzene rings is 1. The summed E-state index contributed by atoms with van der Waals surface area (Å²) in [4.78, 5) is 15.5.